The van der Waals surface area contributed by atoms with Crippen LogP contribution in [-0.2, 0) is 15.1 Å². The number of benzene rings is 1. The SMILES string of the molecule is COc1cccc(C2(OCC(=O)O)CCCCC2CN(C)C)c1. The van der Waals surface area contributed by atoms with Crippen molar-refractivity contribution in [3.05, 3.63) is 29.8 Å². The van der Waals surface area contributed by atoms with Crippen molar-refractivity contribution in [3.63, 3.8) is 0 Å². The lowest BCUT2D eigenvalue weighted by Crippen LogP contribution is -2.46. The van der Waals surface area contributed by atoms with Crippen molar-refractivity contribution in [1.82, 2.24) is 4.90 Å². The first-order chi connectivity index (χ1) is 11.0. The molecular weight excluding hydrogens is 294 g/mol. The second kappa shape index (κ2) is 7.79. The molecule has 0 amide bonds. The molecule has 0 aromatic heterocycles. The molecule has 1 N–H and O–H groups in total. The van der Waals surface area contributed by atoms with E-state index in [1.807, 2.05) is 38.4 Å². The van der Waals surface area contributed by atoms with Crippen molar-refractivity contribution in [2.75, 3.05) is 34.4 Å². The van der Waals surface area contributed by atoms with E-state index in [0.717, 1.165) is 43.5 Å². The second-order valence-electron chi connectivity index (χ2n) is 6.51. The van der Waals surface area contributed by atoms with Gasteiger partial charge in [0.1, 0.15) is 12.4 Å². The van der Waals surface area contributed by atoms with Crippen LogP contribution in [0.2, 0.25) is 0 Å². The van der Waals surface area contributed by atoms with Gasteiger partial charge in [-0.1, -0.05) is 25.0 Å². The Bertz CT molecular complexity index is 532. The number of aliphatic carboxylic acids is 1. The zero-order valence-electron chi connectivity index (χ0n) is 14.2. The summed E-state index contributed by atoms with van der Waals surface area (Å²) in [5, 5.41) is 9.11. The van der Waals surface area contributed by atoms with Gasteiger partial charge in [-0.2, -0.15) is 0 Å². The van der Waals surface area contributed by atoms with E-state index in [2.05, 4.69) is 4.90 Å². The highest BCUT2D eigenvalue weighted by Crippen LogP contribution is 2.45. The summed E-state index contributed by atoms with van der Waals surface area (Å²) in [6.45, 7) is 0.595. The fourth-order valence-electron chi connectivity index (χ4n) is 3.63. The minimum atomic E-state index is -0.929. The molecule has 2 atom stereocenters. The third-order valence-electron chi connectivity index (χ3n) is 4.61. The first-order valence-electron chi connectivity index (χ1n) is 8.13. The van der Waals surface area contributed by atoms with Gasteiger partial charge < -0.3 is 19.5 Å². The van der Waals surface area contributed by atoms with Gasteiger partial charge in [0, 0.05) is 12.5 Å². The Morgan fingerprint density at radius 3 is 2.83 bits per heavy atom. The number of carboxylic acid groups (broad SMARTS) is 1. The third-order valence-corrected chi connectivity index (χ3v) is 4.61. The highest BCUT2D eigenvalue weighted by Gasteiger charge is 2.44. The van der Waals surface area contributed by atoms with Gasteiger partial charge in [-0.15, -0.1) is 0 Å². The Labute approximate surface area is 138 Å². The molecule has 128 valence electrons. The number of carbonyl (C=O) groups is 1. The fourth-order valence-corrected chi connectivity index (χ4v) is 3.63. The van der Waals surface area contributed by atoms with Crippen molar-refractivity contribution in [2.45, 2.75) is 31.3 Å². The second-order valence-corrected chi connectivity index (χ2v) is 6.51. The summed E-state index contributed by atoms with van der Waals surface area (Å²) in [5.41, 5.74) is 0.458. The van der Waals surface area contributed by atoms with Crippen LogP contribution in [-0.4, -0.2) is 50.3 Å². The van der Waals surface area contributed by atoms with Crippen molar-refractivity contribution >= 4 is 5.97 Å². The van der Waals surface area contributed by atoms with Gasteiger partial charge >= 0.3 is 5.97 Å². The topological polar surface area (TPSA) is 59.0 Å². The molecule has 5 heteroatoms. The van der Waals surface area contributed by atoms with E-state index in [0.29, 0.717) is 0 Å². The van der Waals surface area contributed by atoms with Gasteiger partial charge in [0.25, 0.3) is 0 Å². The Balaban J connectivity index is 2.41. The Morgan fingerprint density at radius 2 is 2.17 bits per heavy atom. The van der Waals surface area contributed by atoms with Crippen LogP contribution < -0.4 is 4.74 Å². The molecule has 2 unspecified atom stereocenters. The van der Waals surface area contributed by atoms with Crippen molar-refractivity contribution in [2.24, 2.45) is 5.92 Å². The van der Waals surface area contributed by atoms with Crippen LogP contribution >= 0.6 is 0 Å². The van der Waals surface area contributed by atoms with Gasteiger partial charge in [0.05, 0.1) is 12.7 Å². The summed E-state index contributed by atoms with van der Waals surface area (Å²) in [4.78, 5) is 13.3. The largest absolute Gasteiger partial charge is 0.497 e. The molecule has 0 bridgehead atoms. The molecule has 5 nitrogen and oxygen atoms in total. The lowest BCUT2D eigenvalue weighted by molar-refractivity contribution is -0.162. The van der Waals surface area contributed by atoms with Gasteiger partial charge in [0.15, 0.2) is 0 Å². The molecule has 1 aliphatic carbocycles. The van der Waals surface area contributed by atoms with Gasteiger partial charge in [-0.3, -0.25) is 0 Å². The standard InChI is InChI=1S/C18H27NO4/c1-19(2)12-15-7-4-5-10-18(15,23-13-17(20)21)14-8-6-9-16(11-14)22-3/h6,8-9,11,15H,4-5,7,10,12-13H2,1-3H3,(H,20,21). The summed E-state index contributed by atoms with van der Waals surface area (Å²) >= 11 is 0. The van der Waals surface area contributed by atoms with Crippen LogP contribution in [0.4, 0.5) is 0 Å². The van der Waals surface area contributed by atoms with Crippen molar-refractivity contribution < 1.29 is 19.4 Å². The lowest BCUT2D eigenvalue weighted by atomic mass is 9.71. The van der Waals surface area contributed by atoms with E-state index in [1.165, 1.54) is 0 Å². The number of hydrogen-bond acceptors (Lipinski definition) is 4. The first-order valence-corrected chi connectivity index (χ1v) is 8.13. The Morgan fingerprint density at radius 1 is 1.39 bits per heavy atom. The summed E-state index contributed by atoms with van der Waals surface area (Å²) in [7, 11) is 5.73. The maximum absolute atomic E-state index is 11.1. The van der Waals surface area contributed by atoms with E-state index in [1.54, 1.807) is 7.11 Å². The highest BCUT2D eigenvalue weighted by molar-refractivity contribution is 5.68. The maximum Gasteiger partial charge on any atom is 0.329 e. The number of methoxy groups -OCH3 is 1. The number of ether oxygens (including phenoxy) is 2. The maximum atomic E-state index is 11.1. The van der Waals surface area contributed by atoms with Crippen LogP contribution in [0, 0.1) is 5.92 Å². The first kappa shape index (κ1) is 17.8. The van der Waals surface area contributed by atoms with E-state index in [4.69, 9.17) is 14.6 Å². The van der Waals surface area contributed by atoms with E-state index < -0.39 is 11.6 Å². The third kappa shape index (κ3) is 4.24. The van der Waals surface area contributed by atoms with Crippen LogP contribution in [0.15, 0.2) is 24.3 Å². The number of hydrogen-bond donors (Lipinski definition) is 1. The molecule has 1 aromatic carbocycles. The van der Waals surface area contributed by atoms with Gasteiger partial charge in [0.2, 0.25) is 0 Å². The van der Waals surface area contributed by atoms with Gasteiger partial charge in [-0.05, 0) is 44.6 Å². The number of carboxylic acids is 1. The molecule has 1 aromatic rings. The van der Waals surface area contributed by atoms with Crippen LogP contribution in [0.1, 0.15) is 31.2 Å². The van der Waals surface area contributed by atoms with E-state index >= 15 is 0 Å². The monoisotopic (exact) mass is 321 g/mol. The van der Waals surface area contributed by atoms with Crippen molar-refractivity contribution in [3.8, 4) is 5.75 Å². The van der Waals surface area contributed by atoms with Crippen LogP contribution in [0.3, 0.4) is 0 Å². The Hall–Kier alpha value is -1.59. The van der Waals surface area contributed by atoms with E-state index in [-0.39, 0.29) is 12.5 Å². The molecule has 1 fully saturated rings. The summed E-state index contributed by atoms with van der Waals surface area (Å²) in [6.07, 6.45) is 4.07. The lowest BCUT2D eigenvalue weighted by Gasteiger charge is -2.45. The molecule has 2 rings (SSSR count). The molecule has 0 saturated heterocycles. The van der Waals surface area contributed by atoms with E-state index in [9.17, 15) is 4.79 Å². The normalized spacial score (nSPS) is 24.6. The summed E-state index contributed by atoms with van der Waals surface area (Å²) < 4.78 is 11.4. The smallest absolute Gasteiger partial charge is 0.329 e. The molecule has 0 radical (unpaired) electrons. The Kier molecular flexibility index (Phi) is 6.02. The zero-order chi connectivity index (χ0) is 16.9. The molecule has 23 heavy (non-hydrogen) atoms. The van der Waals surface area contributed by atoms with Crippen LogP contribution in [0.25, 0.3) is 0 Å². The van der Waals surface area contributed by atoms with Crippen molar-refractivity contribution in [1.29, 1.82) is 0 Å². The molecule has 1 aliphatic rings. The van der Waals surface area contributed by atoms with Gasteiger partial charge in [-0.25, -0.2) is 4.79 Å². The van der Waals surface area contributed by atoms with Crippen LogP contribution in [0.5, 0.6) is 5.75 Å². The zero-order valence-corrected chi connectivity index (χ0v) is 14.2. The minimum Gasteiger partial charge on any atom is -0.497 e. The summed E-state index contributed by atoms with van der Waals surface area (Å²) in [6, 6.07) is 7.85. The minimum absolute atomic E-state index is 0.262. The summed E-state index contributed by atoms with van der Waals surface area (Å²) in [5.74, 6) is 0.106. The fraction of sp³-hybridized carbons (Fsp3) is 0.611. The predicted octanol–water partition coefficient (Wildman–Crippen LogP) is 2.74. The molecule has 0 spiro atoms. The number of nitrogens with zero attached hydrogens (tertiary/aromatic N) is 1. The molecule has 1 saturated carbocycles. The number of rotatable bonds is 7. The highest BCUT2D eigenvalue weighted by atomic mass is 16.5. The average molecular weight is 321 g/mol. The quantitative estimate of drug-likeness (QED) is 0.837. The average Bonchev–Trinajstić information content (AvgIpc) is 2.53. The predicted molar refractivity (Wildman–Crippen MR) is 88.8 cm³/mol. The molecule has 0 aliphatic heterocycles. The molecule has 0 heterocycles. The molecular formula is C18H27NO4.